The molecule has 6 heteroatoms. The Bertz CT molecular complexity index is 282. The Labute approximate surface area is 101 Å². The molecule has 0 aliphatic rings. The maximum absolute atomic E-state index is 11.1. The van der Waals surface area contributed by atoms with Gasteiger partial charge in [0.05, 0.1) is 6.04 Å². The predicted octanol–water partition coefficient (Wildman–Crippen LogP) is 0.541. The number of hydrogen-bond donors (Lipinski definition) is 2. The Morgan fingerprint density at radius 3 is 2.67 bits per heavy atom. The molecule has 0 unspecified atom stereocenters. The van der Waals surface area contributed by atoms with Crippen LogP contribution in [0.15, 0.2) is 24.4 Å². The first-order valence-corrected chi connectivity index (χ1v) is 4.11. The molecule has 0 saturated heterocycles. The molecule has 0 aliphatic carbocycles. The predicted molar refractivity (Wildman–Crippen MR) is 64.5 cm³/mol. The molecule has 3 N–H and O–H groups in total. The third kappa shape index (κ3) is 5.57. The second kappa shape index (κ2) is 8.47. The van der Waals surface area contributed by atoms with Crippen LogP contribution in [0.2, 0.25) is 0 Å². The summed E-state index contributed by atoms with van der Waals surface area (Å²) >= 11 is 0. The molecule has 0 bridgehead atoms. The number of rotatable bonds is 3. The summed E-state index contributed by atoms with van der Waals surface area (Å²) in [4.78, 5) is 15.1. The molecular formula is C9H15Cl2N3O. The van der Waals surface area contributed by atoms with Gasteiger partial charge in [0.1, 0.15) is 0 Å². The van der Waals surface area contributed by atoms with Crippen LogP contribution in [0.4, 0.5) is 0 Å². The fraction of sp³-hybridized carbons (Fsp3) is 0.333. The van der Waals surface area contributed by atoms with E-state index in [1.165, 1.54) is 0 Å². The molecule has 1 heterocycles. The highest BCUT2D eigenvalue weighted by molar-refractivity contribution is 5.85. The van der Waals surface area contributed by atoms with Crippen molar-refractivity contribution in [2.45, 2.75) is 12.5 Å². The van der Waals surface area contributed by atoms with Crippen molar-refractivity contribution in [1.82, 2.24) is 10.3 Å². The minimum absolute atomic E-state index is 0. The molecule has 0 radical (unpaired) electrons. The number of halogens is 2. The number of likely N-dealkylation sites (N-methyl/N-ethyl adjacent to an activating group) is 1. The van der Waals surface area contributed by atoms with Gasteiger partial charge in [0.2, 0.25) is 5.91 Å². The van der Waals surface area contributed by atoms with E-state index in [1.54, 1.807) is 13.2 Å². The molecule has 0 aliphatic heterocycles. The van der Waals surface area contributed by atoms with E-state index < -0.39 is 6.04 Å². The van der Waals surface area contributed by atoms with Crippen molar-refractivity contribution >= 4 is 30.7 Å². The van der Waals surface area contributed by atoms with Crippen molar-refractivity contribution < 1.29 is 4.79 Å². The fourth-order valence-corrected chi connectivity index (χ4v) is 1.02. The molecule has 1 aromatic rings. The summed E-state index contributed by atoms with van der Waals surface area (Å²) in [5, 5.41) is 2.49. The topological polar surface area (TPSA) is 68.0 Å². The quantitative estimate of drug-likeness (QED) is 0.825. The summed E-state index contributed by atoms with van der Waals surface area (Å²) in [6.07, 6.45) is 2.16. The van der Waals surface area contributed by atoms with Gasteiger partial charge < -0.3 is 11.1 Å². The molecule has 86 valence electrons. The van der Waals surface area contributed by atoms with Crippen LogP contribution in [0, 0.1) is 0 Å². The van der Waals surface area contributed by atoms with Gasteiger partial charge in [0, 0.05) is 25.4 Å². The first-order chi connectivity index (χ1) is 6.24. The first kappa shape index (κ1) is 16.6. The maximum Gasteiger partial charge on any atom is 0.237 e. The van der Waals surface area contributed by atoms with Gasteiger partial charge >= 0.3 is 0 Å². The minimum atomic E-state index is -0.514. The van der Waals surface area contributed by atoms with Crippen LogP contribution in [0.25, 0.3) is 0 Å². The van der Waals surface area contributed by atoms with Crippen molar-refractivity contribution in [3.05, 3.63) is 30.1 Å². The van der Waals surface area contributed by atoms with Gasteiger partial charge in [-0.3, -0.25) is 9.78 Å². The smallest absolute Gasteiger partial charge is 0.237 e. The average molecular weight is 252 g/mol. The Morgan fingerprint density at radius 1 is 1.53 bits per heavy atom. The molecule has 1 atom stereocenters. The third-order valence-electron chi connectivity index (χ3n) is 1.74. The zero-order chi connectivity index (χ0) is 9.68. The summed E-state index contributed by atoms with van der Waals surface area (Å²) in [6, 6.07) is 5.04. The van der Waals surface area contributed by atoms with Crippen LogP contribution >= 0.6 is 24.8 Å². The van der Waals surface area contributed by atoms with Crippen molar-refractivity contribution in [2.75, 3.05) is 7.05 Å². The van der Waals surface area contributed by atoms with Crippen molar-refractivity contribution in [3.8, 4) is 0 Å². The van der Waals surface area contributed by atoms with E-state index in [2.05, 4.69) is 10.3 Å². The highest BCUT2D eigenvalue weighted by atomic mass is 35.5. The number of nitrogens with one attached hydrogen (secondary N) is 1. The molecule has 0 aromatic carbocycles. The summed E-state index contributed by atoms with van der Waals surface area (Å²) in [6.45, 7) is 0. The maximum atomic E-state index is 11.1. The normalized spacial score (nSPS) is 10.5. The number of carbonyl (C=O) groups is 1. The molecule has 4 nitrogen and oxygen atoms in total. The first-order valence-electron chi connectivity index (χ1n) is 4.11. The molecule has 1 aromatic heterocycles. The van der Waals surface area contributed by atoms with E-state index in [9.17, 15) is 4.79 Å². The number of hydrogen-bond acceptors (Lipinski definition) is 3. The zero-order valence-corrected chi connectivity index (χ0v) is 9.98. The van der Waals surface area contributed by atoms with Crippen molar-refractivity contribution in [3.63, 3.8) is 0 Å². The van der Waals surface area contributed by atoms with E-state index in [1.807, 2.05) is 18.2 Å². The molecule has 0 spiro atoms. The molecular weight excluding hydrogens is 237 g/mol. The lowest BCUT2D eigenvalue weighted by Crippen LogP contribution is -2.40. The zero-order valence-electron chi connectivity index (χ0n) is 8.34. The van der Waals surface area contributed by atoms with Crippen LogP contribution in [0.3, 0.4) is 0 Å². The van der Waals surface area contributed by atoms with Crippen LogP contribution in [-0.4, -0.2) is 24.0 Å². The highest BCUT2D eigenvalue weighted by Gasteiger charge is 2.11. The van der Waals surface area contributed by atoms with E-state index in [0.29, 0.717) is 6.42 Å². The van der Waals surface area contributed by atoms with Gasteiger partial charge in [-0.05, 0) is 12.1 Å². The van der Waals surface area contributed by atoms with Gasteiger partial charge in [-0.15, -0.1) is 24.8 Å². The van der Waals surface area contributed by atoms with E-state index in [-0.39, 0.29) is 30.7 Å². The van der Waals surface area contributed by atoms with E-state index >= 15 is 0 Å². The Morgan fingerprint density at radius 2 is 2.20 bits per heavy atom. The Balaban J connectivity index is 0. The number of nitrogens with zero attached hydrogens (tertiary/aromatic N) is 1. The number of pyridine rings is 1. The fourth-order valence-electron chi connectivity index (χ4n) is 1.02. The van der Waals surface area contributed by atoms with Gasteiger partial charge in [-0.1, -0.05) is 6.07 Å². The van der Waals surface area contributed by atoms with E-state index in [0.717, 1.165) is 5.69 Å². The number of aromatic nitrogens is 1. The molecule has 1 rings (SSSR count). The SMILES string of the molecule is CNC(=O)[C@@H](N)Cc1ccccn1.Cl.Cl. The van der Waals surface area contributed by atoms with Gasteiger partial charge in [0.15, 0.2) is 0 Å². The molecule has 0 saturated carbocycles. The number of nitrogens with two attached hydrogens (primary N) is 1. The minimum Gasteiger partial charge on any atom is -0.358 e. The van der Waals surface area contributed by atoms with Gasteiger partial charge in [-0.25, -0.2) is 0 Å². The lowest BCUT2D eigenvalue weighted by Gasteiger charge is -2.08. The van der Waals surface area contributed by atoms with Crippen LogP contribution in [0.1, 0.15) is 5.69 Å². The van der Waals surface area contributed by atoms with Gasteiger partial charge in [-0.2, -0.15) is 0 Å². The largest absolute Gasteiger partial charge is 0.358 e. The highest BCUT2D eigenvalue weighted by Crippen LogP contribution is 1.97. The summed E-state index contributed by atoms with van der Waals surface area (Å²) in [5.41, 5.74) is 6.44. The molecule has 0 fully saturated rings. The van der Waals surface area contributed by atoms with E-state index in [4.69, 9.17) is 5.73 Å². The van der Waals surface area contributed by atoms with Gasteiger partial charge in [0.25, 0.3) is 0 Å². The van der Waals surface area contributed by atoms with Crippen molar-refractivity contribution in [1.29, 1.82) is 0 Å². The summed E-state index contributed by atoms with van der Waals surface area (Å²) < 4.78 is 0. The van der Waals surface area contributed by atoms with Crippen LogP contribution < -0.4 is 11.1 Å². The lowest BCUT2D eigenvalue weighted by molar-refractivity contribution is -0.121. The van der Waals surface area contributed by atoms with Crippen LogP contribution in [0.5, 0.6) is 0 Å². The Hall–Kier alpha value is -0.840. The standard InChI is InChI=1S/C9H13N3O.2ClH/c1-11-9(13)8(10)6-7-4-2-3-5-12-7;;/h2-5,8H,6,10H2,1H3,(H,11,13);2*1H/t8-;;/m0../s1. The third-order valence-corrected chi connectivity index (χ3v) is 1.74. The summed E-state index contributed by atoms with van der Waals surface area (Å²) in [5.74, 6) is -0.161. The van der Waals surface area contributed by atoms with Crippen molar-refractivity contribution in [2.24, 2.45) is 5.73 Å². The lowest BCUT2D eigenvalue weighted by atomic mass is 10.1. The molecule has 1 amide bonds. The summed E-state index contributed by atoms with van der Waals surface area (Å²) in [7, 11) is 1.57. The van der Waals surface area contributed by atoms with Crippen LogP contribution in [-0.2, 0) is 11.2 Å². The average Bonchev–Trinajstić information content (AvgIpc) is 2.18. The number of amides is 1. The second-order valence-electron chi connectivity index (χ2n) is 2.75. The monoisotopic (exact) mass is 251 g/mol. The second-order valence-corrected chi connectivity index (χ2v) is 2.75. The number of carbonyl (C=O) groups excluding carboxylic acids is 1. The molecule has 15 heavy (non-hydrogen) atoms. The Kier molecular flexibility index (Phi) is 9.36.